The Kier molecular flexibility index (Phi) is 7.88. The van der Waals surface area contributed by atoms with Crippen molar-refractivity contribution in [3.05, 3.63) is 57.8 Å². The van der Waals surface area contributed by atoms with E-state index in [1.54, 1.807) is 0 Å². The van der Waals surface area contributed by atoms with Crippen LogP contribution in [0.25, 0.3) is 0 Å². The van der Waals surface area contributed by atoms with Crippen LogP contribution in [0.2, 0.25) is 0 Å². The van der Waals surface area contributed by atoms with E-state index in [4.69, 9.17) is 0 Å². The number of hydrogen-bond donors (Lipinski definition) is 1. The molecule has 0 aliphatic heterocycles. The molecule has 2 aromatic rings. The highest BCUT2D eigenvalue weighted by Gasteiger charge is 2.34. The number of rotatable bonds is 7. The van der Waals surface area contributed by atoms with Crippen LogP contribution >= 0.6 is 15.9 Å². The summed E-state index contributed by atoms with van der Waals surface area (Å²) < 4.78 is 42.3. The summed E-state index contributed by atoms with van der Waals surface area (Å²) in [7, 11) is -3.94. The first-order valence-corrected chi connectivity index (χ1v) is 12.8. The van der Waals surface area contributed by atoms with E-state index >= 15 is 0 Å². The lowest BCUT2D eigenvalue weighted by atomic mass is 9.95. The highest BCUT2D eigenvalue weighted by Crippen LogP contribution is 2.29. The van der Waals surface area contributed by atoms with Crippen molar-refractivity contribution < 1.29 is 17.6 Å². The maximum Gasteiger partial charge on any atom is 0.243 e. The molecule has 0 unspecified atom stereocenters. The van der Waals surface area contributed by atoms with Gasteiger partial charge in [0, 0.05) is 16.2 Å². The van der Waals surface area contributed by atoms with Gasteiger partial charge in [0.1, 0.15) is 5.82 Å². The molecular formula is C23H28BrFN2O3S. The molecule has 2 aromatic carbocycles. The van der Waals surface area contributed by atoms with Crippen LogP contribution in [0.5, 0.6) is 0 Å². The molecule has 0 aromatic heterocycles. The molecule has 168 valence electrons. The minimum atomic E-state index is -3.94. The van der Waals surface area contributed by atoms with Gasteiger partial charge in [-0.15, -0.1) is 0 Å². The number of sulfonamides is 1. The number of hydrogen-bond acceptors (Lipinski definition) is 3. The van der Waals surface area contributed by atoms with Gasteiger partial charge >= 0.3 is 0 Å². The van der Waals surface area contributed by atoms with Crippen LogP contribution in [-0.2, 0) is 21.2 Å². The first-order valence-electron chi connectivity index (χ1n) is 10.6. The average molecular weight is 511 g/mol. The van der Waals surface area contributed by atoms with Crippen LogP contribution in [0.4, 0.5) is 10.1 Å². The second kappa shape index (κ2) is 10.2. The average Bonchev–Trinajstić information content (AvgIpc) is 2.74. The second-order valence-electron chi connectivity index (χ2n) is 7.95. The predicted molar refractivity (Wildman–Crippen MR) is 124 cm³/mol. The van der Waals surface area contributed by atoms with E-state index in [2.05, 4.69) is 21.2 Å². The molecule has 31 heavy (non-hydrogen) atoms. The number of halogens is 2. The maximum atomic E-state index is 13.4. The topological polar surface area (TPSA) is 66.5 Å². The Morgan fingerprint density at radius 3 is 2.42 bits per heavy atom. The van der Waals surface area contributed by atoms with Gasteiger partial charge in [0.2, 0.25) is 15.9 Å². The molecule has 3 rings (SSSR count). The third kappa shape index (κ3) is 5.73. The van der Waals surface area contributed by atoms with Gasteiger partial charge in [0.05, 0.1) is 11.4 Å². The fraction of sp³-hybridized carbons (Fsp3) is 0.435. The number of carbonyl (C=O) groups is 1. The Morgan fingerprint density at radius 2 is 1.81 bits per heavy atom. The van der Waals surface area contributed by atoms with Gasteiger partial charge in [-0.25, -0.2) is 12.8 Å². The molecule has 0 atom stereocenters. The summed E-state index contributed by atoms with van der Waals surface area (Å²) in [5, 5.41) is 2.93. The van der Waals surface area contributed by atoms with E-state index in [1.807, 2.05) is 26.0 Å². The van der Waals surface area contributed by atoms with E-state index in [0.717, 1.165) is 59.1 Å². The largest absolute Gasteiger partial charge is 0.324 e. The lowest BCUT2D eigenvalue weighted by molar-refractivity contribution is -0.116. The summed E-state index contributed by atoms with van der Waals surface area (Å²) in [6.45, 7) is 3.64. The highest BCUT2D eigenvalue weighted by molar-refractivity contribution is 9.10. The van der Waals surface area contributed by atoms with E-state index in [0.29, 0.717) is 12.8 Å². The molecule has 0 radical (unpaired) electrons. The number of benzene rings is 2. The van der Waals surface area contributed by atoms with E-state index in [-0.39, 0.29) is 23.4 Å². The molecule has 1 N–H and O–H groups in total. The minimum Gasteiger partial charge on any atom is -0.324 e. The third-order valence-electron chi connectivity index (χ3n) is 5.73. The highest BCUT2D eigenvalue weighted by atomic mass is 79.9. The first kappa shape index (κ1) is 23.9. The molecule has 1 fully saturated rings. The number of anilines is 1. The molecule has 1 aliphatic carbocycles. The molecule has 5 nitrogen and oxygen atoms in total. The quantitative estimate of drug-likeness (QED) is 0.540. The summed E-state index contributed by atoms with van der Waals surface area (Å²) in [6, 6.07) is 8.40. The molecule has 0 spiro atoms. The van der Waals surface area contributed by atoms with Gasteiger partial charge in [-0.2, -0.15) is 4.31 Å². The zero-order chi connectivity index (χ0) is 22.6. The SMILES string of the molecule is CCc1cc(Br)cc(C)c1NC(=O)CN(C1CCCCC1)S(=O)(=O)c1ccc(F)cc1. The van der Waals surface area contributed by atoms with Gasteiger partial charge < -0.3 is 5.32 Å². The molecule has 0 bridgehead atoms. The van der Waals surface area contributed by atoms with Crippen LogP contribution in [0.3, 0.4) is 0 Å². The Morgan fingerprint density at radius 1 is 1.16 bits per heavy atom. The van der Waals surface area contributed by atoms with Gasteiger partial charge in [0.25, 0.3) is 0 Å². The molecule has 0 heterocycles. The number of nitrogens with zero attached hydrogens (tertiary/aromatic N) is 1. The zero-order valence-electron chi connectivity index (χ0n) is 17.8. The minimum absolute atomic E-state index is 0.00124. The van der Waals surface area contributed by atoms with Crippen molar-refractivity contribution in [3.8, 4) is 0 Å². The number of amides is 1. The lowest BCUT2D eigenvalue weighted by Crippen LogP contribution is -2.45. The molecule has 1 amide bonds. The summed E-state index contributed by atoms with van der Waals surface area (Å²) >= 11 is 3.48. The van der Waals surface area contributed by atoms with Crippen LogP contribution in [-0.4, -0.2) is 31.2 Å². The molecule has 1 saturated carbocycles. The fourth-order valence-corrected chi connectivity index (χ4v) is 6.37. The van der Waals surface area contributed by atoms with Crippen LogP contribution < -0.4 is 5.32 Å². The van der Waals surface area contributed by atoms with Crippen molar-refractivity contribution in [2.75, 3.05) is 11.9 Å². The summed E-state index contributed by atoms with van der Waals surface area (Å²) in [5.74, 6) is -0.880. The number of carbonyl (C=O) groups excluding carboxylic acids is 1. The van der Waals surface area contributed by atoms with Crippen LogP contribution in [0.15, 0.2) is 45.8 Å². The number of nitrogens with one attached hydrogen (secondary N) is 1. The van der Waals surface area contributed by atoms with Gasteiger partial charge in [0.15, 0.2) is 0 Å². The Labute approximate surface area is 192 Å². The summed E-state index contributed by atoms with van der Waals surface area (Å²) in [4.78, 5) is 13.0. The lowest BCUT2D eigenvalue weighted by Gasteiger charge is -2.33. The fourth-order valence-electron chi connectivity index (χ4n) is 4.11. The van der Waals surface area contributed by atoms with Crippen molar-refractivity contribution in [3.63, 3.8) is 0 Å². The van der Waals surface area contributed by atoms with E-state index < -0.39 is 15.8 Å². The van der Waals surface area contributed by atoms with Crippen LogP contribution in [0.1, 0.15) is 50.2 Å². The Balaban J connectivity index is 1.89. The standard InChI is InChI=1S/C23H28BrFN2O3S/c1-3-17-14-18(24)13-16(2)23(17)26-22(28)15-27(20-7-5-4-6-8-20)31(29,30)21-11-9-19(25)10-12-21/h9-14,20H,3-8,15H2,1-2H3,(H,26,28). The van der Waals surface area contributed by atoms with Gasteiger partial charge in [-0.3, -0.25) is 4.79 Å². The zero-order valence-corrected chi connectivity index (χ0v) is 20.2. The van der Waals surface area contributed by atoms with Crippen molar-refractivity contribution in [1.29, 1.82) is 0 Å². The molecule has 0 saturated heterocycles. The third-order valence-corrected chi connectivity index (χ3v) is 8.10. The Bertz CT molecular complexity index is 1040. The summed E-state index contributed by atoms with van der Waals surface area (Å²) in [6.07, 6.45) is 5.07. The second-order valence-corrected chi connectivity index (χ2v) is 10.8. The van der Waals surface area contributed by atoms with E-state index in [1.165, 1.54) is 16.4 Å². The van der Waals surface area contributed by atoms with Crippen molar-refractivity contribution in [2.24, 2.45) is 0 Å². The number of aryl methyl sites for hydroxylation is 2. The maximum absolute atomic E-state index is 13.4. The van der Waals surface area contributed by atoms with Gasteiger partial charge in [-0.1, -0.05) is 42.1 Å². The smallest absolute Gasteiger partial charge is 0.243 e. The van der Waals surface area contributed by atoms with Crippen LogP contribution in [0, 0.1) is 12.7 Å². The molecule has 1 aliphatic rings. The summed E-state index contributed by atoms with van der Waals surface area (Å²) in [5.41, 5.74) is 2.61. The first-order chi connectivity index (χ1) is 14.7. The van der Waals surface area contributed by atoms with Crippen molar-refractivity contribution >= 4 is 37.5 Å². The molecule has 8 heteroatoms. The monoisotopic (exact) mass is 510 g/mol. The Hall–Kier alpha value is -1.77. The normalized spacial score (nSPS) is 15.3. The van der Waals surface area contributed by atoms with Gasteiger partial charge in [-0.05, 0) is 73.7 Å². The van der Waals surface area contributed by atoms with E-state index in [9.17, 15) is 17.6 Å². The predicted octanol–water partition coefficient (Wildman–Crippen LogP) is 5.42. The molecular weight excluding hydrogens is 483 g/mol. The van der Waals surface area contributed by atoms with Crippen molar-refractivity contribution in [1.82, 2.24) is 4.31 Å². The van der Waals surface area contributed by atoms with Crippen molar-refractivity contribution in [2.45, 2.75) is 63.3 Å².